The van der Waals surface area contributed by atoms with Crippen LogP contribution in [0.25, 0.3) is 17.0 Å². The van der Waals surface area contributed by atoms with E-state index in [4.69, 9.17) is 19.4 Å². The molecule has 0 aliphatic heterocycles. The first-order valence-corrected chi connectivity index (χ1v) is 12.5. The summed E-state index contributed by atoms with van der Waals surface area (Å²) in [7, 11) is 7.10. The number of benzene rings is 2. The van der Waals surface area contributed by atoms with E-state index in [1.54, 1.807) is 12.1 Å². The number of phenolic OH excluding ortho intramolecular Hbond substituents is 1. The highest BCUT2D eigenvalue weighted by Gasteiger charge is 2.22. The molecule has 1 saturated carbocycles. The fourth-order valence-electron chi connectivity index (χ4n) is 4.73. The number of aromatic hydroxyl groups is 1. The first kappa shape index (κ1) is 25.6. The number of fused-ring (bicyclic) bond motifs is 1. The maximum atomic E-state index is 10.0. The van der Waals surface area contributed by atoms with Crippen LogP contribution in [0.4, 0.5) is 11.8 Å². The van der Waals surface area contributed by atoms with Crippen molar-refractivity contribution in [3.8, 4) is 17.2 Å². The van der Waals surface area contributed by atoms with Crippen molar-refractivity contribution in [2.45, 2.75) is 31.7 Å². The van der Waals surface area contributed by atoms with Crippen LogP contribution in [0.1, 0.15) is 31.2 Å². The summed E-state index contributed by atoms with van der Waals surface area (Å²) in [5.41, 5.74) is 1.89. The number of nitrogens with one attached hydrogen (secondary N) is 2. The van der Waals surface area contributed by atoms with Gasteiger partial charge in [-0.3, -0.25) is 0 Å². The van der Waals surface area contributed by atoms with Gasteiger partial charge < -0.3 is 30.1 Å². The third-order valence-corrected chi connectivity index (χ3v) is 6.69. The SMILES string of the molecule is COc1cc(/C=C/CNC[C@H]2CC[C@@H](Nc3nc(N(C)C)c4ccccc4n3)CC2)cc(OC)c1O. The van der Waals surface area contributed by atoms with Crippen molar-refractivity contribution >= 4 is 28.7 Å². The Balaban J connectivity index is 1.24. The molecule has 3 N–H and O–H groups in total. The van der Waals surface area contributed by atoms with Crippen LogP contribution in [0.2, 0.25) is 0 Å². The molecule has 0 radical (unpaired) electrons. The lowest BCUT2D eigenvalue weighted by Crippen LogP contribution is -2.32. The number of nitrogens with zero attached hydrogens (tertiary/aromatic N) is 3. The molecule has 1 aromatic heterocycles. The van der Waals surface area contributed by atoms with Crippen LogP contribution in [-0.4, -0.2) is 62.5 Å². The van der Waals surface area contributed by atoms with Crippen molar-refractivity contribution in [2.24, 2.45) is 5.92 Å². The number of hydrogen-bond donors (Lipinski definition) is 3. The molecule has 0 unspecified atom stereocenters. The van der Waals surface area contributed by atoms with Crippen molar-refractivity contribution in [2.75, 3.05) is 51.6 Å². The van der Waals surface area contributed by atoms with E-state index in [9.17, 15) is 5.11 Å². The molecule has 0 amide bonds. The standard InChI is InChI=1S/C28H37N5O3/c1-33(2)27-22-9-5-6-10-23(22)31-28(32-27)30-21-13-11-19(12-14-21)18-29-15-7-8-20-16-24(35-3)26(34)25(17-20)36-4/h5-10,16-17,19,21,29,34H,11-15,18H2,1-4H3,(H,30,31,32)/b8-7+/t19-,21+. The van der Waals surface area contributed by atoms with Crippen molar-refractivity contribution in [1.82, 2.24) is 15.3 Å². The first-order valence-electron chi connectivity index (χ1n) is 12.5. The molecule has 36 heavy (non-hydrogen) atoms. The number of ether oxygens (including phenoxy) is 2. The molecule has 1 aliphatic carbocycles. The van der Waals surface area contributed by atoms with E-state index in [2.05, 4.69) is 22.8 Å². The normalized spacial score (nSPS) is 17.9. The molecule has 8 nitrogen and oxygen atoms in total. The Labute approximate surface area is 213 Å². The van der Waals surface area contributed by atoms with Gasteiger partial charge in [0.2, 0.25) is 11.7 Å². The van der Waals surface area contributed by atoms with Crippen LogP contribution in [0.15, 0.2) is 42.5 Å². The van der Waals surface area contributed by atoms with Gasteiger partial charge >= 0.3 is 0 Å². The van der Waals surface area contributed by atoms with Crippen LogP contribution in [0.3, 0.4) is 0 Å². The summed E-state index contributed by atoms with van der Waals surface area (Å²) in [5.74, 6) is 3.15. The molecule has 3 aromatic rings. The number of anilines is 2. The maximum absolute atomic E-state index is 10.0. The second kappa shape index (κ2) is 11.9. The monoisotopic (exact) mass is 491 g/mol. The van der Waals surface area contributed by atoms with Crippen LogP contribution >= 0.6 is 0 Å². The van der Waals surface area contributed by atoms with Gasteiger partial charge in [-0.15, -0.1) is 0 Å². The van der Waals surface area contributed by atoms with Gasteiger partial charge in [0.1, 0.15) is 5.82 Å². The topological polar surface area (TPSA) is 91.8 Å². The Morgan fingerprint density at radius 3 is 2.39 bits per heavy atom. The molecule has 0 spiro atoms. The summed E-state index contributed by atoms with van der Waals surface area (Å²) in [6.07, 6.45) is 8.66. The summed E-state index contributed by atoms with van der Waals surface area (Å²) in [5, 5.41) is 18.3. The molecule has 2 aromatic carbocycles. The lowest BCUT2D eigenvalue weighted by molar-refractivity contribution is 0.328. The van der Waals surface area contributed by atoms with Crippen molar-refractivity contribution < 1.29 is 14.6 Å². The molecule has 1 aliphatic rings. The second-order valence-electron chi connectivity index (χ2n) is 9.48. The Kier molecular flexibility index (Phi) is 8.48. The predicted molar refractivity (Wildman–Crippen MR) is 146 cm³/mol. The lowest BCUT2D eigenvalue weighted by atomic mass is 9.86. The van der Waals surface area contributed by atoms with Crippen molar-refractivity contribution in [1.29, 1.82) is 0 Å². The highest BCUT2D eigenvalue weighted by Crippen LogP contribution is 2.37. The van der Waals surface area contributed by atoms with Crippen LogP contribution in [0.5, 0.6) is 17.2 Å². The summed E-state index contributed by atoms with van der Waals surface area (Å²) in [6, 6.07) is 12.1. The third-order valence-electron chi connectivity index (χ3n) is 6.69. The van der Waals surface area contributed by atoms with Crippen LogP contribution in [0, 0.1) is 5.92 Å². The van der Waals surface area contributed by atoms with Gasteiger partial charge in [0, 0.05) is 32.1 Å². The molecule has 0 atom stereocenters. The number of hydrogen-bond acceptors (Lipinski definition) is 8. The van der Waals surface area contributed by atoms with Crippen LogP contribution < -0.4 is 25.0 Å². The maximum Gasteiger partial charge on any atom is 0.225 e. The Morgan fingerprint density at radius 2 is 1.72 bits per heavy atom. The van der Waals surface area contributed by atoms with Gasteiger partial charge in [-0.2, -0.15) is 4.98 Å². The van der Waals surface area contributed by atoms with E-state index >= 15 is 0 Å². The van der Waals surface area contributed by atoms with E-state index in [0.29, 0.717) is 29.4 Å². The smallest absolute Gasteiger partial charge is 0.225 e. The zero-order chi connectivity index (χ0) is 25.5. The number of para-hydroxylation sites is 1. The molecular formula is C28H37N5O3. The second-order valence-corrected chi connectivity index (χ2v) is 9.48. The van der Waals surface area contributed by atoms with E-state index in [1.807, 2.05) is 43.3 Å². The molecule has 8 heteroatoms. The molecule has 1 heterocycles. The zero-order valence-electron chi connectivity index (χ0n) is 21.6. The van der Waals surface area contributed by atoms with Gasteiger partial charge in [0.25, 0.3) is 0 Å². The summed E-state index contributed by atoms with van der Waals surface area (Å²) in [4.78, 5) is 11.6. The van der Waals surface area contributed by atoms with Gasteiger partial charge in [-0.25, -0.2) is 4.98 Å². The van der Waals surface area contributed by atoms with Gasteiger partial charge in [-0.05, 0) is 68.0 Å². The van der Waals surface area contributed by atoms with Gasteiger partial charge in [0.15, 0.2) is 11.5 Å². The average Bonchev–Trinajstić information content (AvgIpc) is 2.89. The number of rotatable bonds is 10. The predicted octanol–water partition coefficient (Wildman–Crippen LogP) is 4.69. The lowest BCUT2D eigenvalue weighted by Gasteiger charge is -2.29. The Hall–Kier alpha value is -3.52. The molecule has 4 rings (SSSR count). The quantitative estimate of drug-likeness (QED) is 0.352. The van der Waals surface area contributed by atoms with E-state index in [-0.39, 0.29) is 5.75 Å². The van der Waals surface area contributed by atoms with E-state index < -0.39 is 0 Å². The fourth-order valence-corrected chi connectivity index (χ4v) is 4.73. The molecule has 0 bridgehead atoms. The van der Waals surface area contributed by atoms with Crippen molar-refractivity contribution in [3.63, 3.8) is 0 Å². The number of methoxy groups -OCH3 is 2. The number of aromatic nitrogens is 2. The highest BCUT2D eigenvalue weighted by molar-refractivity contribution is 5.90. The van der Waals surface area contributed by atoms with Crippen LogP contribution in [-0.2, 0) is 0 Å². The average molecular weight is 492 g/mol. The number of phenols is 1. The third kappa shape index (κ3) is 6.18. The minimum Gasteiger partial charge on any atom is -0.502 e. The summed E-state index contributed by atoms with van der Waals surface area (Å²) in [6.45, 7) is 1.78. The first-order chi connectivity index (χ1) is 17.5. The van der Waals surface area contributed by atoms with Gasteiger partial charge in [-0.1, -0.05) is 24.3 Å². The highest BCUT2D eigenvalue weighted by atomic mass is 16.5. The van der Waals surface area contributed by atoms with Crippen molar-refractivity contribution in [3.05, 3.63) is 48.0 Å². The molecule has 192 valence electrons. The Bertz CT molecular complexity index is 1160. The zero-order valence-corrected chi connectivity index (χ0v) is 21.6. The Morgan fingerprint density at radius 1 is 1.03 bits per heavy atom. The minimum absolute atomic E-state index is 0.0192. The summed E-state index contributed by atoms with van der Waals surface area (Å²) >= 11 is 0. The molecule has 0 saturated heterocycles. The van der Waals surface area contributed by atoms with Gasteiger partial charge in [0.05, 0.1) is 19.7 Å². The largest absolute Gasteiger partial charge is 0.502 e. The fraction of sp³-hybridized carbons (Fsp3) is 0.429. The summed E-state index contributed by atoms with van der Waals surface area (Å²) < 4.78 is 10.4. The molecular weight excluding hydrogens is 454 g/mol. The van der Waals surface area contributed by atoms with E-state index in [1.165, 1.54) is 27.1 Å². The van der Waals surface area contributed by atoms with E-state index in [0.717, 1.165) is 48.2 Å². The molecule has 1 fully saturated rings. The minimum atomic E-state index is 0.0192.